The molecule has 1 fully saturated rings. The van der Waals surface area contributed by atoms with Crippen molar-refractivity contribution in [2.75, 3.05) is 18.4 Å². The van der Waals surface area contributed by atoms with Gasteiger partial charge in [0.15, 0.2) is 0 Å². The molecule has 1 N–H and O–H groups in total. The molecular formula is C26H25N5O3S2. The number of aryl methyl sites for hydroxylation is 2. The van der Waals surface area contributed by atoms with E-state index in [1.807, 2.05) is 25.3 Å². The zero-order valence-electron chi connectivity index (χ0n) is 19.9. The average Bonchev–Trinajstić information content (AvgIpc) is 3.36. The van der Waals surface area contributed by atoms with Crippen molar-refractivity contribution < 1.29 is 13.2 Å². The van der Waals surface area contributed by atoms with E-state index in [9.17, 15) is 13.7 Å². The van der Waals surface area contributed by atoms with E-state index in [-0.39, 0.29) is 6.04 Å². The first-order chi connectivity index (χ1) is 17.3. The van der Waals surface area contributed by atoms with Crippen LogP contribution in [0.25, 0.3) is 10.2 Å². The van der Waals surface area contributed by atoms with Crippen LogP contribution in [0, 0.1) is 25.2 Å². The third kappa shape index (κ3) is 4.78. The fourth-order valence-corrected chi connectivity index (χ4v) is 6.65. The van der Waals surface area contributed by atoms with Crippen LogP contribution in [0.3, 0.4) is 0 Å². The number of anilines is 1. The van der Waals surface area contributed by atoms with E-state index < -0.39 is 10.0 Å². The summed E-state index contributed by atoms with van der Waals surface area (Å²) in [7, 11) is -3.50. The summed E-state index contributed by atoms with van der Waals surface area (Å²) in [5.74, 6) is 1.58. The second kappa shape index (κ2) is 9.85. The number of hydrogen-bond acceptors (Lipinski definition) is 8. The molecule has 0 atom stereocenters. The van der Waals surface area contributed by atoms with Crippen molar-refractivity contribution in [3.63, 3.8) is 0 Å². The zero-order valence-corrected chi connectivity index (χ0v) is 21.6. The monoisotopic (exact) mass is 519 g/mol. The van der Waals surface area contributed by atoms with Crippen LogP contribution in [0.1, 0.15) is 29.5 Å². The van der Waals surface area contributed by atoms with E-state index in [0.29, 0.717) is 54.0 Å². The quantitative estimate of drug-likeness (QED) is 0.371. The van der Waals surface area contributed by atoms with Gasteiger partial charge in [0.05, 0.1) is 22.0 Å². The van der Waals surface area contributed by atoms with Gasteiger partial charge in [-0.3, -0.25) is 0 Å². The normalized spacial score (nSPS) is 15.0. The number of rotatable bonds is 6. The van der Waals surface area contributed by atoms with Gasteiger partial charge >= 0.3 is 0 Å². The molecule has 184 valence electrons. The van der Waals surface area contributed by atoms with E-state index in [2.05, 4.69) is 21.4 Å². The highest BCUT2D eigenvalue weighted by atomic mass is 32.2. The molecule has 1 aliphatic heterocycles. The highest BCUT2D eigenvalue weighted by Gasteiger charge is 2.29. The molecule has 0 amide bonds. The van der Waals surface area contributed by atoms with Crippen LogP contribution >= 0.6 is 11.3 Å². The molecule has 4 aromatic rings. The number of piperidine rings is 1. The van der Waals surface area contributed by atoms with Gasteiger partial charge in [-0.05, 0) is 73.5 Å². The average molecular weight is 520 g/mol. The standard InChI is InChI=1S/C26H25N5O3S2/c1-17-14-19(16-27)15-18(2)23(17)34-25-24-22(10-13-35-24)29-26(30-25)28-20-8-11-31(12-9-20)36(32,33)21-6-4-3-5-7-21/h3-7,10,13-15,20H,8-9,11-12H2,1-2H3,(H,28,29,30). The molecule has 0 saturated carbocycles. The van der Waals surface area contributed by atoms with Crippen molar-refractivity contribution in [1.29, 1.82) is 5.26 Å². The summed E-state index contributed by atoms with van der Waals surface area (Å²) in [4.78, 5) is 9.64. The minimum atomic E-state index is -3.50. The molecule has 1 saturated heterocycles. The van der Waals surface area contributed by atoms with Gasteiger partial charge < -0.3 is 10.1 Å². The minimum Gasteiger partial charge on any atom is -0.437 e. The highest BCUT2D eigenvalue weighted by Crippen LogP contribution is 2.36. The fraction of sp³-hybridized carbons (Fsp3) is 0.269. The Kier molecular flexibility index (Phi) is 6.62. The van der Waals surface area contributed by atoms with E-state index in [4.69, 9.17) is 4.74 Å². The lowest BCUT2D eigenvalue weighted by Crippen LogP contribution is -2.42. The molecule has 0 unspecified atom stereocenters. The Morgan fingerprint density at radius 1 is 1.08 bits per heavy atom. The van der Waals surface area contributed by atoms with Crippen LogP contribution in [-0.4, -0.2) is 41.8 Å². The molecular weight excluding hydrogens is 494 g/mol. The SMILES string of the molecule is Cc1cc(C#N)cc(C)c1Oc1nc(NC2CCN(S(=O)(=O)c3ccccc3)CC2)nc2ccsc12. The first kappa shape index (κ1) is 24.2. The number of benzene rings is 2. The van der Waals surface area contributed by atoms with Crippen LogP contribution in [0.2, 0.25) is 0 Å². The van der Waals surface area contributed by atoms with Crippen molar-refractivity contribution in [2.24, 2.45) is 0 Å². The highest BCUT2D eigenvalue weighted by molar-refractivity contribution is 7.89. The summed E-state index contributed by atoms with van der Waals surface area (Å²) in [6, 6.07) is 16.3. The fourth-order valence-electron chi connectivity index (χ4n) is 4.41. The number of fused-ring (bicyclic) bond motifs is 1. The van der Waals surface area contributed by atoms with E-state index in [0.717, 1.165) is 21.3 Å². The number of aromatic nitrogens is 2. The second-order valence-electron chi connectivity index (χ2n) is 8.78. The maximum atomic E-state index is 12.9. The van der Waals surface area contributed by atoms with E-state index in [1.54, 1.807) is 42.5 Å². The summed E-state index contributed by atoms with van der Waals surface area (Å²) in [5.41, 5.74) is 3.08. The van der Waals surface area contributed by atoms with Crippen molar-refractivity contribution in [1.82, 2.24) is 14.3 Å². The van der Waals surface area contributed by atoms with Gasteiger partial charge in [0, 0.05) is 19.1 Å². The molecule has 3 heterocycles. The van der Waals surface area contributed by atoms with Gasteiger partial charge in [0.25, 0.3) is 0 Å². The number of ether oxygens (including phenoxy) is 1. The van der Waals surface area contributed by atoms with Crippen LogP contribution in [0.5, 0.6) is 11.6 Å². The number of thiophene rings is 1. The summed E-state index contributed by atoms with van der Waals surface area (Å²) in [6.45, 7) is 4.66. The number of nitrogens with one attached hydrogen (secondary N) is 1. The van der Waals surface area contributed by atoms with Crippen molar-refractivity contribution in [3.8, 4) is 17.7 Å². The van der Waals surface area contributed by atoms with E-state index in [1.165, 1.54) is 15.6 Å². The second-order valence-corrected chi connectivity index (χ2v) is 11.6. The number of hydrogen-bond donors (Lipinski definition) is 1. The lowest BCUT2D eigenvalue weighted by Gasteiger charge is -2.31. The molecule has 10 heteroatoms. The Hall–Kier alpha value is -3.52. The van der Waals surface area contributed by atoms with Crippen molar-refractivity contribution in [2.45, 2.75) is 37.6 Å². The van der Waals surface area contributed by atoms with Gasteiger partial charge in [-0.25, -0.2) is 13.4 Å². The lowest BCUT2D eigenvalue weighted by molar-refractivity contribution is 0.329. The van der Waals surface area contributed by atoms with Crippen molar-refractivity contribution >= 4 is 37.5 Å². The Labute approximate surface area is 214 Å². The topological polar surface area (TPSA) is 108 Å². The van der Waals surface area contributed by atoms with Gasteiger partial charge in [-0.2, -0.15) is 14.6 Å². The third-order valence-electron chi connectivity index (χ3n) is 6.23. The first-order valence-corrected chi connectivity index (χ1v) is 13.9. The Bertz CT molecular complexity index is 1530. The summed E-state index contributed by atoms with van der Waals surface area (Å²) >= 11 is 1.50. The third-order valence-corrected chi connectivity index (χ3v) is 9.03. The Morgan fingerprint density at radius 2 is 1.78 bits per heavy atom. The Morgan fingerprint density at radius 3 is 2.44 bits per heavy atom. The maximum Gasteiger partial charge on any atom is 0.243 e. The molecule has 1 aliphatic rings. The first-order valence-electron chi connectivity index (χ1n) is 11.6. The zero-order chi connectivity index (χ0) is 25.3. The van der Waals surface area contributed by atoms with Crippen LogP contribution in [0.15, 0.2) is 58.8 Å². The van der Waals surface area contributed by atoms with Gasteiger partial charge in [0.1, 0.15) is 10.4 Å². The van der Waals surface area contributed by atoms with Gasteiger partial charge in [0.2, 0.25) is 21.9 Å². The molecule has 0 bridgehead atoms. The molecule has 0 aliphatic carbocycles. The summed E-state index contributed by atoms with van der Waals surface area (Å²) in [6.07, 6.45) is 1.28. The lowest BCUT2D eigenvalue weighted by atomic mass is 10.1. The number of nitriles is 1. The number of nitrogens with zero attached hydrogens (tertiary/aromatic N) is 4. The van der Waals surface area contributed by atoms with Gasteiger partial charge in [-0.1, -0.05) is 18.2 Å². The molecule has 5 rings (SSSR count). The van der Waals surface area contributed by atoms with Gasteiger partial charge in [-0.15, -0.1) is 11.3 Å². The Balaban J connectivity index is 1.33. The minimum absolute atomic E-state index is 0.0366. The molecule has 2 aromatic carbocycles. The predicted molar refractivity (Wildman–Crippen MR) is 140 cm³/mol. The molecule has 36 heavy (non-hydrogen) atoms. The smallest absolute Gasteiger partial charge is 0.243 e. The largest absolute Gasteiger partial charge is 0.437 e. The van der Waals surface area contributed by atoms with Crippen LogP contribution < -0.4 is 10.1 Å². The summed E-state index contributed by atoms with van der Waals surface area (Å²) in [5, 5.41) is 14.6. The van der Waals surface area contributed by atoms with Crippen LogP contribution in [0.4, 0.5) is 5.95 Å². The number of sulfonamides is 1. The van der Waals surface area contributed by atoms with Crippen LogP contribution in [-0.2, 0) is 10.0 Å². The predicted octanol–water partition coefficient (Wildman–Crippen LogP) is 5.24. The molecule has 8 nitrogen and oxygen atoms in total. The van der Waals surface area contributed by atoms with Crippen molar-refractivity contribution in [3.05, 3.63) is 70.6 Å². The molecule has 2 aromatic heterocycles. The molecule has 0 radical (unpaired) electrons. The summed E-state index contributed by atoms with van der Waals surface area (Å²) < 4.78 is 34.5. The van der Waals surface area contributed by atoms with E-state index >= 15 is 0 Å². The maximum absolute atomic E-state index is 12.9. The molecule has 0 spiro atoms.